The molecule has 3 aromatic rings. The SMILES string of the molecule is O=C(O)/C=C\Sc1nc2ccccc2[nH]1.O=C(O)c1cccc([N+](=O)[O-])c1O. The number of carboxylic acids is 2. The molecule has 0 fully saturated rings. The monoisotopic (exact) mass is 403 g/mol. The fourth-order valence-electron chi connectivity index (χ4n) is 1.99. The number of aromatic carboxylic acids is 1. The number of hydrogen-bond donors (Lipinski definition) is 4. The van der Waals surface area contributed by atoms with Crippen LogP contribution in [0.4, 0.5) is 5.69 Å². The summed E-state index contributed by atoms with van der Waals surface area (Å²) in [4.78, 5) is 37.4. The van der Waals surface area contributed by atoms with Gasteiger partial charge in [-0.2, -0.15) is 0 Å². The second-order valence-electron chi connectivity index (χ2n) is 5.05. The number of carboxylic acid groups (broad SMARTS) is 2. The molecule has 0 aliphatic rings. The van der Waals surface area contributed by atoms with Crippen molar-refractivity contribution in [3.63, 3.8) is 0 Å². The molecular weight excluding hydrogens is 390 g/mol. The molecule has 0 amide bonds. The van der Waals surface area contributed by atoms with Gasteiger partial charge in [0.2, 0.25) is 5.75 Å². The Kier molecular flexibility index (Phi) is 6.71. The molecule has 0 aliphatic heterocycles. The Hall–Kier alpha value is -3.86. The number of thioether (sulfide) groups is 1. The molecule has 0 saturated carbocycles. The van der Waals surface area contributed by atoms with Crippen molar-refractivity contribution in [1.82, 2.24) is 9.97 Å². The molecule has 0 bridgehead atoms. The highest BCUT2D eigenvalue weighted by atomic mass is 32.2. The average Bonchev–Trinajstić information content (AvgIpc) is 3.04. The molecule has 1 heterocycles. The van der Waals surface area contributed by atoms with E-state index >= 15 is 0 Å². The van der Waals surface area contributed by atoms with Crippen LogP contribution in [0.3, 0.4) is 0 Å². The normalized spacial score (nSPS) is 10.4. The Morgan fingerprint density at radius 1 is 1.14 bits per heavy atom. The van der Waals surface area contributed by atoms with Gasteiger partial charge in [0.25, 0.3) is 0 Å². The van der Waals surface area contributed by atoms with Crippen LogP contribution in [0.15, 0.2) is 59.1 Å². The zero-order valence-electron chi connectivity index (χ0n) is 14.0. The lowest BCUT2D eigenvalue weighted by Gasteiger charge is -1.98. The van der Waals surface area contributed by atoms with E-state index in [-0.39, 0.29) is 0 Å². The maximum atomic E-state index is 10.4. The smallest absolute Gasteiger partial charge is 0.339 e. The maximum Gasteiger partial charge on any atom is 0.339 e. The van der Waals surface area contributed by atoms with Crippen LogP contribution in [0.1, 0.15) is 10.4 Å². The molecule has 28 heavy (non-hydrogen) atoms. The number of imidazole rings is 1. The lowest BCUT2D eigenvalue weighted by molar-refractivity contribution is -0.385. The second-order valence-corrected chi connectivity index (χ2v) is 5.95. The standard InChI is InChI=1S/C10H8N2O2S.C7H5NO5/c13-9(14)5-6-15-10-11-7-3-1-2-4-8(7)12-10;9-6-4(7(10)11)2-1-3-5(6)8(12)13/h1-6H,(H,11,12)(H,13,14);1-3,9H,(H,10,11)/b6-5-;. The number of benzene rings is 2. The van der Waals surface area contributed by atoms with Gasteiger partial charge in [0.05, 0.1) is 16.0 Å². The number of nitrogens with one attached hydrogen (secondary N) is 1. The van der Waals surface area contributed by atoms with Gasteiger partial charge in [-0.3, -0.25) is 10.1 Å². The number of aromatic amines is 1. The molecule has 10 nitrogen and oxygen atoms in total. The first-order valence-electron chi connectivity index (χ1n) is 7.50. The van der Waals surface area contributed by atoms with E-state index in [1.807, 2.05) is 24.3 Å². The van der Waals surface area contributed by atoms with Crippen molar-refractivity contribution in [2.75, 3.05) is 0 Å². The van der Waals surface area contributed by atoms with Crippen molar-refractivity contribution in [2.24, 2.45) is 0 Å². The van der Waals surface area contributed by atoms with Crippen molar-refractivity contribution in [3.8, 4) is 5.75 Å². The second kappa shape index (κ2) is 9.19. The quantitative estimate of drug-likeness (QED) is 0.216. The van der Waals surface area contributed by atoms with Crippen LogP contribution in [0.5, 0.6) is 5.75 Å². The molecule has 144 valence electrons. The molecule has 3 rings (SSSR count). The fraction of sp³-hybridized carbons (Fsp3) is 0. The minimum Gasteiger partial charge on any atom is -0.501 e. The van der Waals surface area contributed by atoms with E-state index in [1.165, 1.54) is 23.2 Å². The molecule has 0 atom stereocenters. The molecule has 11 heteroatoms. The summed E-state index contributed by atoms with van der Waals surface area (Å²) in [6.45, 7) is 0. The molecule has 4 N–H and O–H groups in total. The molecule has 0 aliphatic carbocycles. The number of para-hydroxylation sites is 3. The summed E-state index contributed by atoms with van der Waals surface area (Å²) >= 11 is 1.25. The summed E-state index contributed by atoms with van der Waals surface area (Å²) in [7, 11) is 0. The summed E-state index contributed by atoms with van der Waals surface area (Å²) in [5.41, 5.74) is 0.738. The highest BCUT2D eigenvalue weighted by Crippen LogP contribution is 2.28. The number of fused-ring (bicyclic) bond motifs is 1. The maximum absolute atomic E-state index is 10.4. The van der Waals surface area contributed by atoms with Crippen LogP contribution in [0.25, 0.3) is 11.0 Å². The summed E-state index contributed by atoms with van der Waals surface area (Å²) in [6, 6.07) is 11.0. The highest BCUT2D eigenvalue weighted by molar-refractivity contribution is 8.02. The zero-order valence-corrected chi connectivity index (χ0v) is 14.8. The van der Waals surface area contributed by atoms with E-state index in [1.54, 1.807) is 0 Å². The van der Waals surface area contributed by atoms with E-state index in [0.29, 0.717) is 5.16 Å². The topological polar surface area (TPSA) is 167 Å². The number of aromatic nitrogens is 2. The summed E-state index contributed by atoms with van der Waals surface area (Å²) in [5, 5.41) is 38.4. The lowest BCUT2D eigenvalue weighted by atomic mass is 10.2. The number of H-pyrrole nitrogens is 1. The first-order chi connectivity index (χ1) is 13.3. The van der Waals surface area contributed by atoms with Gasteiger partial charge in [-0.05, 0) is 23.6 Å². The highest BCUT2D eigenvalue weighted by Gasteiger charge is 2.19. The molecule has 1 aromatic heterocycles. The van der Waals surface area contributed by atoms with Crippen molar-refractivity contribution < 1.29 is 29.8 Å². The van der Waals surface area contributed by atoms with Gasteiger partial charge in [-0.15, -0.1) is 0 Å². The Balaban J connectivity index is 0.000000203. The van der Waals surface area contributed by atoms with Crippen LogP contribution in [0, 0.1) is 10.1 Å². The first-order valence-corrected chi connectivity index (χ1v) is 8.38. The zero-order chi connectivity index (χ0) is 20.7. The Labute approximate surface area is 161 Å². The number of phenols is 1. The van der Waals surface area contributed by atoms with E-state index < -0.39 is 33.9 Å². The summed E-state index contributed by atoms with van der Waals surface area (Å²) in [5.74, 6) is -3.18. The van der Waals surface area contributed by atoms with Crippen LogP contribution in [-0.4, -0.2) is 42.1 Å². The minimum atomic E-state index is -1.40. The number of aliphatic carboxylic acids is 1. The van der Waals surface area contributed by atoms with Gasteiger partial charge < -0.3 is 20.3 Å². The fourth-order valence-corrected chi connectivity index (χ4v) is 2.63. The molecular formula is C17H13N3O7S. The Morgan fingerprint density at radius 2 is 1.86 bits per heavy atom. The number of nitro groups is 1. The van der Waals surface area contributed by atoms with Gasteiger partial charge >= 0.3 is 17.6 Å². The Bertz CT molecular complexity index is 997. The predicted octanol–water partition coefficient (Wildman–Crippen LogP) is 3.25. The van der Waals surface area contributed by atoms with Gasteiger partial charge in [-0.1, -0.05) is 30.0 Å². The van der Waals surface area contributed by atoms with Crippen LogP contribution >= 0.6 is 11.8 Å². The summed E-state index contributed by atoms with van der Waals surface area (Å²) in [6.07, 6.45) is 1.08. The van der Waals surface area contributed by atoms with E-state index in [0.717, 1.165) is 29.2 Å². The van der Waals surface area contributed by atoms with Gasteiger partial charge in [-0.25, -0.2) is 14.6 Å². The number of rotatable bonds is 5. The third-order valence-electron chi connectivity index (χ3n) is 3.20. The lowest BCUT2D eigenvalue weighted by Crippen LogP contribution is -1.98. The molecule has 0 spiro atoms. The number of nitro benzene ring substituents is 1. The van der Waals surface area contributed by atoms with Gasteiger partial charge in [0.1, 0.15) is 5.56 Å². The number of nitrogens with zero attached hydrogens (tertiary/aromatic N) is 2. The van der Waals surface area contributed by atoms with Crippen molar-refractivity contribution in [1.29, 1.82) is 0 Å². The Morgan fingerprint density at radius 3 is 2.46 bits per heavy atom. The number of carbonyl (C=O) groups is 2. The number of hydrogen-bond acceptors (Lipinski definition) is 7. The van der Waals surface area contributed by atoms with Crippen LogP contribution < -0.4 is 0 Å². The van der Waals surface area contributed by atoms with Gasteiger partial charge in [0.15, 0.2) is 5.16 Å². The first kappa shape index (κ1) is 20.5. The average molecular weight is 403 g/mol. The molecule has 0 unspecified atom stereocenters. The third kappa shape index (κ3) is 5.32. The van der Waals surface area contributed by atoms with Crippen LogP contribution in [0.2, 0.25) is 0 Å². The van der Waals surface area contributed by atoms with Crippen LogP contribution in [-0.2, 0) is 4.79 Å². The van der Waals surface area contributed by atoms with E-state index in [4.69, 9.17) is 15.3 Å². The largest absolute Gasteiger partial charge is 0.501 e. The molecule has 2 aromatic carbocycles. The van der Waals surface area contributed by atoms with Crippen molar-refractivity contribution in [2.45, 2.75) is 5.16 Å². The van der Waals surface area contributed by atoms with Gasteiger partial charge in [0, 0.05) is 12.1 Å². The molecule has 0 radical (unpaired) electrons. The summed E-state index contributed by atoms with van der Waals surface area (Å²) < 4.78 is 0. The van der Waals surface area contributed by atoms with Crippen molar-refractivity contribution in [3.05, 3.63) is 69.6 Å². The van der Waals surface area contributed by atoms with Crippen molar-refractivity contribution >= 4 is 40.4 Å². The minimum absolute atomic E-state index is 0.478. The van der Waals surface area contributed by atoms with E-state index in [2.05, 4.69) is 9.97 Å². The van der Waals surface area contributed by atoms with E-state index in [9.17, 15) is 19.7 Å². The number of aromatic hydroxyl groups is 1. The predicted molar refractivity (Wildman–Crippen MR) is 100 cm³/mol. The molecule has 0 saturated heterocycles. The third-order valence-corrected chi connectivity index (χ3v) is 3.89.